The van der Waals surface area contributed by atoms with Gasteiger partial charge in [0.05, 0.1) is 17.2 Å². The summed E-state index contributed by atoms with van der Waals surface area (Å²) in [6, 6.07) is 5.36. The number of halogens is 2. The van der Waals surface area contributed by atoms with Gasteiger partial charge in [-0.3, -0.25) is 14.2 Å². The van der Waals surface area contributed by atoms with Crippen molar-refractivity contribution in [2.24, 2.45) is 5.73 Å². The lowest BCUT2D eigenvalue weighted by Crippen LogP contribution is -2.47. The quantitative estimate of drug-likeness (QED) is 0.827. The van der Waals surface area contributed by atoms with Gasteiger partial charge in [0.25, 0.3) is 5.56 Å². The van der Waals surface area contributed by atoms with Crippen LogP contribution in [0.5, 0.6) is 0 Å². The normalized spacial score (nSPS) is 17.8. The van der Waals surface area contributed by atoms with Crippen molar-refractivity contribution in [3.05, 3.63) is 39.4 Å². The fourth-order valence-electron chi connectivity index (χ4n) is 2.73. The largest absolute Gasteiger partial charge is 0.340 e. The summed E-state index contributed by atoms with van der Waals surface area (Å²) in [6.45, 7) is 1.26. The molecule has 1 fully saturated rings. The van der Waals surface area contributed by atoms with Crippen molar-refractivity contribution in [3.8, 4) is 0 Å². The molecule has 1 aliphatic rings. The van der Waals surface area contributed by atoms with Crippen LogP contribution in [-0.2, 0) is 11.3 Å². The zero-order chi connectivity index (χ0) is 15.7. The van der Waals surface area contributed by atoms with Gasteiger partial charge in [0, 0.05) is 23.6 Å². The average Bonchev–Trinajstić information content (AvgIpc) is 2.50. The van der Waals surface area contributed by atoms with E-state index in [1.165, 1.54) is 10.9 Å². The van der Waals surface area contributed by atoms with Crippen LogP contribution in [0.2, 0.25) is 0 Å². The maximum absolute atomic E-state index is 12.5. The van der Waals surface area contributed by atoms with Crippen molar-refractivity contribution in [1.82, 2.24) is 14.5 Å². The maximum atomic E-state index is 12.5. The first kappa shape index (κ1) is 17.9. The molecule has 0 saturated carbocycles. The van der Waals surface area contributed by atoms with Gasteiger partial charge in [0.1, 0.15) is 6.54 Å². The van der Waals surface area contributed by atoms with Crippen LogP contribution in [0.3, 0.4) is 0 Å². The van der Waals surface area contributed by atoms with Gasteiger partial charge < -0.3 is 10.6 Å². The summed E-state index contributed by atoms with van der Waals surface area (Å²) < 4.78 is 2.17. The van der Waals surface area contributed by atoms with Crippen LogP contribution in [0.4, 0.5) is 0 Å². The SMILES string of the molecule is Cl.NC1CCCN(C(=O)Cn2cnc3ccc(Br)cc3c2=O)C1. The number of amides is 1. The molecule has 23 heavy (non-hydrogen) atoms. The zero-order valence-corrected chi connectivity index (χ0v) is 14.8. The Bertz CT molecular complexity index is 780. The number of nitrogens with zero attached hydrogens (tertiary/aromatic N) is 3. The molecule has 1 aromatic carbocycles. The van der Waals surface area contributed by atoms with E-state index in [0.29, 0.717) is 24.0 Å². The highest BCUT2D eigenvalue weighted by atomic mass is 79.9. The van der Waals surface area contributed by atoms with Crippen LogP contribution >= 0.6 is 28.3 Å². The molecule has 124 valence electrons. The molecule has 0 bridgehead atoms. The minimum absolute atomic E-state index is 0. The van der Waals surface area contributed by atoms with Crippen LogP contribution in [0.25, 0.3) is 10.9 Å². The lowest BCUT2D eigenvalue weighted by Gasteiger charge is -2.30. The van der Waals surface area contributed by atoms with Crippen molar-refractivity contribution in [2.45, 2.75) is 25.4 Å². The first-order chi connectivity index (χ1) is 10.5. The minimum Gasteiger partial charge on any atom is -0.340 e. The molecule has 1 amide bonds. The van der Waals surface area contributed by atoms with E-state index in [2.05, 4.69) is 20.9 Å². The highest BCUT2D eigenvalue weighted by Crippen LogP contribution is 2.15. The Labute approximate surface area is 148 Å². The zero-order valence-electron chi connectivity index (χ0n) is 12.4. The van der Waals surface area contributed by atoms with Gasteiger partial charge in [-0.1, -0.05) is 15.9 Å². The summed E-state index contributed by atoms with van der Waals surface area (Å²) in [5.41, 5.74) is 6.31. The molecule has 0 spiro atoms. The van der Waals surface area contributed by atoms with Gasteiger partial charge in [-0.2, -0.15) is 0 Å². The van der Waals surface area contributed by atoms with E-state index < -0.39 is 0 Å². The Morgan fingerprint density at radius 3 is 2.96 bits per heavy atom. The number of carbonyl (C=O) groups is 1. The van der Waals surface area contributed by atoms with E-state index in [1.54, 1.807) is 17.0 Å². The van der Waals surface area contributed by atoms with Crippen LogP contribution in [0, 0.1) is 0 Å². The number of rotatable bonds is 2. The minimum atomic E-state index is -0.207. The molecule has 1 unspecified atom stereocenters. The van der Waals surface area contributed by atoms with Crippen molar-refractivity contribution in [3.63, 3.8) is 0 Å². The van der Waals surface area contributed by atoms with Gasteiger partial charge in [-0.25, -0.2) is 4.98 Å². The fraction of sp³-hybridized carbons (Fsp3) is 0.400. The standard InChI is InChI=1S/C15H17BrN4O2.ClH/c16-10-3-4-13-12(6-10)15(22)20(9-18-13)8-14(21)19-5-1-2-11(17)7-19;/h3-4,6,9,11H,1-2,5,7-8,17H2;1H. The number of aromatic nitrogens is 2. The van der Waals surface area contributed by atoms with Gasteiger partial charge >= 0.3 is 0 Å². The Hall–Kier alpha value is -1.44. The van der Waals surface area contributed by atoms with Crippen LogP contribution in [0.1, 0.15) is 12.8 Å². The number of hydrogen-bond acceptors (Lipinski definition) is 4. The van der Waals surface area contributed by atoms with Crippen molar-refractivity contribution >= 4 is 45.1 Å². The van der Waals surface area contributed by atoms with E-state index in [0.717, 1.165) is 17.3 Å². The van der Waals surface area contributed by atoms with Gasteiger partial charge in [-0.05, 0) is 31.0 Å². The van der Waals surface area contributed by atoms with Gasteiger partial charge in [0.2, 0.25) is 5.91 Å². The van der Waals surface area contributed by atoms with Crippen LogP contribution in [0.15, 0.2) is 33.8 Å². The predicted octanol–water partition coefficient (Wildman–Crippen LogP) is 1.53. The monoisotopic (exact) mass is 400 g/mol. The van der Waals surface area contributed by atoms with E-state index in [9.17, 15) is 9.59 Å². The maximum Gasteiger partial charge on any atom is 0.261 e. The van der Waals surface area contributed by atoms with Crippen molar-refractivity contribution in [1.29, 1.82) is 0 Å². The molecule has 0 radical (unpaired) electrons. The Kier molecular flexibility index (Phi) is 5.78. The lowest BCUT2D eigenvalue weighted by molar-refractivity contribution is -0.133. The smallest absolute Gasteiger partial charge is 0.261 e. The highest BCUT2D eigenvalue weighted by molar-refractivity contribution is 9.10. The van der Waals surface area contributed by atoms with E-state index >= 15 is 0 Å². The fourth-order valence-corrected chi connectivity index (χ4v) is 3.09. The molecule has 2 aromatic rings. The van der Waals surface area contributed by atoms with Gasteiger partial charge in [-0.15, -0.1) is 12.4 Å². The molecule has 6 nitrogen and oxygen atoms in total. The van der Waals surface area contributed by atoms with Crippen LogP contribution in [-0.4, -0.2) is 39.5 Å². The number of nitrogens with two attached hydrogens (primary N) is 1. The Morgan fingerprint density at radius 2 is 2.22 bits per heavy atom. The summed E-state index contributed by atoms with van der Waals surface area (Å²) in [5.74, 6) is -0.0894. The second kappa shape index (κ2) is 7.42. The Morgan fingerprint density at radius 1 is 1.43 bits per heavy atom. The number of fused-ring (bicyclic) bond motifs is 1. The molecular formula is C15H18BrClN4O2. The Balaban J connectivity index is 0.00000192. The molecule has 3 rings (SSSR count). The van der Waals surface area contributed by atoms with E-state index in [4.69, 9.17) is 5.73 Å². The average molecular weight is 402 g/mol. The number of carbonyl (C=O) groups excluding carboxylic acids is 1. The predicted molar refractivity (Wildman–Crippen MR) is 94.7 cm³/mol. The van der Waals surface area contributed by atoms with Crippen LogP contribution < -0.4 is 11.3 Å². The third-order valence-corrected chi connectivity index (χ3v) is 4.40. The van der Waals surface area contributed by atoms with Crippen molar-refractivity contribution < 1.29 is 4.79 Å². The highest BCUT2D eigenvalue weighted by Gasteiger charge is 2.21. The number of benzene rings is 1. The third-order valence-electron chi connectivity index (χ3n) is 3.90. The molecule has 1 atom stereocenters. The molecule has 2 heterocycles. The molecule has 1 saturated heterocycles. The molecule has 0 aliphatic carbocycles. The first-order valence-corrected chi connectivity index (χ1v) is 8.02. The molecular weight excluding hydrogens is 384 g/mol. The molecule has 1 aromatic heterocycles. The third kappa shape index (κ3) is 3.91. The van der Waals surface area contributed by atoms with Crippen molar-refractivity contribution in [2.75, 3.05) is 13.1 Å². The van der Waals surface area contributed by atoms with E-state index in [-0.39, 0.29) is 36.5 Å². The summed E-state index contributed by atoms with van der Waals surface area (Å²) in [4.78, 5) is 30.8. The number of piperidine rings is 1. The summed E-state index contributed by atoms with van der Waals surface area (Å²) in [6.07, 6.45) is 3.28. The number of likely N-dealkylation sites (tertiary alicyclic amines) is 1. The number of hydrogen-bond donors (Lipinski definition) is 1. The summed E-state index contributed by atoms with van der Waals surface area (Å²) in [7, 11) is 0. The molecule has 1 aliphatic heterocycles. The second-order valence-corrected chi connectivity index (χ2v) is 6.50. The second-order valence-electron chi connectivity index (χ2n) is 5.58. The first-order valence-electron chi connectivity index (χ1n) is 7.22. The van der Waals surface area contributed by atoms with E-state index in [1.807, 2.05) is 6.07 Å². The lowest BCUT2D eigenvalue weighted by atomic mass is 10.1. The molecule has 2 N–H and O–H groups in total. The topological polar surface area (TPSA) is 81.2 Å². The summed E-state index contributed by atoms with van der Waals surface area (Å²) in [5, 5.41) is 0.500. The summed E-state index contributed by atoms with van der Waals surface area (Å²) >= 11 is 3.35. The molecule has 8 heteroatoms. The van der Waals surface area contributed by atoms with Gasteiger partial charge in [0.15, 0.2) is 0 Å².